The fourth-order valence-electron chi connectivity index (χ4n) is 2.53. The normalized spacial score (nSPS) is 21.2. The number of rotatable bonds is 4. The SMILES string of the molecule is O=C(NC(c1ccc(F)cc1)C1CCC1)C1CC1. The first-order chi connectivity index (χ1) is 8.74. The molecule has 96 valence electrons. The van der Waals surface area contributed by atoms with Crippen molar-refractivity contribution in [3.63, 3.8) is 0 Å². The van der Waals surface area contributed by atoms with Gasteiger partial charge in [-0.2, -0.15) is 0 Å². The van der Waals surface area contributed by atoms with E-state index >= 15 is 0 Å². The van der Waals surface area contributed by atoms with Crippen LogP contribution >= 0.6 is 0 Å². The predicted octanol–water partition coefficient (Wildman–Crippen LogP) is 3.19. The van der Waals surface area contributed by atoms with Crippen LogP contribution in [0.3, 0.4) is 0 Å². The highest BCUT2D eigenvalue weighted by atomic mass is 19.1. The zero-order chi connectivity index (χ0) is 12.5. The van der Waals surface area contributed by atoms with E-state index in [4.69, 9.17) is 0 Å². The largest absolute Gasteiger partial charge is 0.349 e. The fraction of sp³-hybridized carbons (Fsp3) is 0.533. The maximum absolute atomic E-state index is 13.0. The molecule has 2 saturated carbocycles. The van der Waals surface area contributed by atoms with Crippen molar-refractivity contribution in [2.75, 3.05) is 0 Å². The van der Waals surface area contributed by atoms with Gasteiger partial charge in [-0.3, -0.25) is 4.79 Å². The van der Waals surface area contributed by atoms with Gasteiger partial charge in [0.25, 0.3) is 0 Å². The van der Waals surface area contributed by atoms with Gasteiger partial charge in [0.05, 0.1) is 6.04 Å². The van der Waals surface area contributed by atoms with Gasteiger partial charge in [0.1, 0.15) is 5.82 Å². The van der Waals surface area contributed by atoms with Gasteiger partial charge < -0.3 is 5.32 Å². The van der Waals surface area contributed by atoms with E-state index in [-0.39, 0.29) is 23.7 Å². The Morgan fingerprint density at radius 2 is 1.83 bits per heavy atom. The number of benzene rings is 1. The molecule has 1 atom stereocenters. The van der Waals surface area contributed by atoms with Crippen molar-refractivity contribution in [3.05, 3.63) is 35.6 Å². The van der Waals surface area contributed by atoms with Gasteiger partial charge in [-0.25, -0.2) is 4.39 Å². The molecule has 2 aliphatic carbocycles. The lowest BCUT2D eigenvalue weighted by Crippen LogP contribution is -2.37. The number of hydrogen-bond acceptors (Lipinski definition) is 1. The molecule has 3 rings (SSSR count). The number of carbonyl (C=O) groups excluding carboxylic acids is 1. The number of halogens is 1. The van der Waals surface area contributed by atoms with Gasteiger partial charge in [0, 0.05) is 5.92 Å². The third-order valence-corrected chi connectivity index (χ3v) is 4.10. The highest BCUT2D eigenvalue weighted by Gasteiger charge is 2.35. The maximum Gasteiger partial charge on any atom is 0.223 e. The molecule has 1 aromatic carbocycles. The molecule has 3 heteroatoms. The van der Waals surface area contributed by atoms with Crippen molar-refractivity contribution in [2.24, 2.45) is 11.8 Å². The summed E-state index contributed by atoms with van der Waals surface area (Å²) in [5, 5.41) is 3.16. The molecule has 1 unspecified atom stereocenters. The lowest BCUT2D eigenvalue weighted by Gasteiger charge is -2.34. The van der Waals surface area contributed by atoms with Gasteiger partial charge in [-0.15, -0.1) is 0 Å². The van der Waals surface area contributed by atoms with Crippen LogP contribution in [0.4, 0.5) is 4.39 Å². The first-order valence-electron chi connectivity index (χ1n) is 6.80. The minimum atomic E-state index is -0.223. The van der Waals surface area contributed by atoms with E-state index in [1.165, 1.54) is 18.6 Å². The van der Waals surface area contributed by atoms with E-state index < -0.39 is 0 Å². The zero-order valence-electron chi connectivity index (χ0n) is 10.4. The maximum atomic E-state index is 13.0. The van der Waals surface area contributed by atoms with Crippen LogP contribution in [0.25, 0.3) is 0 Å². The highest BCUT2D eigenvalue weighted by molar-refractivity contribution is 5.81. The highest BCUT2D eigenvalue weighted by Crippen LogP contribution is 2.39. The van der Waals surface area contributed by atoms with E-state index in [9.17, 15) is 9.18 Å². The summed E-state index contributed by atoms with van der Waals surface area (Å²) in [5.41, 5.74) is 1.04. The van der Waals surface area contributed by atoms with Crippen LogP contribution in [0.5, 0.6) is 0 Å². The van der Waals surface area contributed by atoms with E-state index in [2.05, 4.69) is 5.32 Å². The average Bonchev–Trinajstić information content (AvgIpc) is 3.10. The second-order valence-corrected chi connectivity index (χ2v) is 5.50. The molecule has 0 bridgehead atoms. The monoisotopic (exact) mass is 247 g/mol. The van der Waals surface area contributed by atoms with Crippen LogP contribution in [0.1, 0.15) is 43.7 Å². The first-order valence-corrected chi connectivity index (χ1v) is 6.80. The molecule has 0 radical (unpaired) electrons. The smallest absolute Gasteiger partial charge is 0.223 e. The van der Waals surface area contributed by atoms with E-state index in [0.29, 0.717) is 5.92 Å². The summed E-state index contributed by atoms with van der Waals surface area (Å²) in [6.45, 7) is 0. The van der Waals surface area contributed by atoms with Gasteiger partial charge in [0.2, 0.25) is 5.91 Å². The summed E-state index contributed by atoms with van der Waals surface area (Å²) in [7, 11) is 0. The molecule has 0 spiro atoms. The molecule has 1 amide bonds. The molecular formula is C15H18FNO. The van der Waals surface area contributed by atoms with E-state index in [1.807, 2.05) is 0 Å². The summed E-state index contributed by atoms with van der Waals surface area (Å²) in [4.78, 5) is 11.9. The molecule has 0 aromatic heterocycles. The van der Waals surface area contributed by atoms with Crippen molar-refractivity contribution in [2.45, 2.75) is 38.1 Å². The van der Waals surface area contributed by atoms with Gasteiger partial charge in [-0.05, 0) is 49.3 Å². The van der Waals surface area contributed by atoms with Gasteiger partial charge in [0.15, 0.2) is 0 Å². The first kappa shape index (κ1) is 11.7. The molecule has 0 saturated heterocycles. The molecule has 2 fully saturated rings. The molecule has 1 N–H and O–H groups in total. The Bertz CT molecular complexity index is 434. The topological polar surface area (TPSA) is 29.1 Å². The molecule has 0 heterocycles. The molecule has 1 aromatic rings. The molecule has 2 aliphatic rings. The Morgan fingerprint density at radius 1 is 1.17 bits per heavy atom. The molecule has 0 aliphatic heterocycles. The van der Waals surface area contributed by atoms with Crippen LogP contribution in [0, 0.1) is 17.7 Å². The van der Waals surface area contributed by atoms with Crippen molar-refractivity contribution in [3.8, 4) is 0 Å². The van der Waals surface area contributed by atoms with Crippen LogP contribution in [0.2, 0.25) is 0 Å². The standard InChI is InChI=1S/C15H18FNO/c16-13-8-6-11(7-9-13)14(10-2-1-3-10)17-15(18)12-4-5-12/h6-10,12,14H,1-5H2,(H,17,18). The van der Waals surface area contributed by atoms with Crippen molar-refractivity contribution >= 4 is 5.91 Å². The number of nitrogens with one attached hydrogen (secondary N) is 1. The van der Waals surface area contributed by atoms with Crippen LogP contribution < -0.4 is 5.32 Å². The van der Waals surface area contributed by atoms with Crippen molar-refractivity contribution in [1.82, 2.24) is 5.32 Å². The summed E-state index contributed by atoms with van der Waals surface area (Å²) in [6, 6.07) is 6.62. The average molecular weight is 247 g/mol. The minimum Gasteiger partial charge on any atom is -0.349 e. The lowest BCUT2D eigenvalue weighted by atomic mass is 9.77. The minimum absolute atomic E-state index is 0.0763. The summed E-state index contributed by atoms with van der Waals surface area (Å²) < 4.78 is 13.0. The second-order valence-electron chi connectivity index (χ2n) is 5.50. The Morgan fingerprint density at radius 3 is 2.33 bits per heavy atom. The quantitative estimate of drug-likeness (QED) is 0.869. The Hall–Kier alpha value is -1.38. The number of amides is 1. The fourth-order valence-corrected chi connectivity index (χ4v) is 2.53. The van der Waals surface area contributed by atoms with Crippen LogP contribution in [-0.2, 0) is 4.79 Å². The molecular weight excluding hydrogens is 229 g/mol. The van der Waals surface area contributed by atoms with E-state index in [1.54, 1.807) is 12.1 Å². The zero-order valence-corrected chi connectivity index (χ0v) is 10.4. The molecule has 18 heavy (non-hydrogen) atoms. The van der Waals surface area contributed by atoms with Crippen LogP contribution in [-0.4, -0.2) is 5.91 Å². The Kier molecular flexibility index (Phi) is 3.06. The third-order valence-electron chi connectivity index (χ3n) is 4.10. The van der Waals surface area contributed by atoms with E-state index in [0.717, 1.165) is 31.2 Å². The van der Waals surface area contributed by atoms with Gasteiger partial charge >= 0.3 is 0 Å². The molecule has 2 nitrogen and oxygen atoms in total. The van der Waals surface area contributed by atoms with Gasteiger partial charge in [-0.1, -0.05) is 18.6 Å². The lowest BCUT2D eigenvalue weighted by molar-refractivity contribution is -0.123. The second kappa shape index (κ2) is 4.71. The Labute approximate surface area is 107 Å². The number of carbonyl (C=O) groups is 1. The van der Waals surface area contributed by atoms with Crippen molar-refractivity contribution in [1.29, 1.82) is 0 Å². The third kappa shape index (κ3) is 2.40. The van der Waals surface area contributed by atoms with Crippen LogP contribution in [0.15, 0.2) is 24.3 Å². The summed E-state index contributed by atoms with van der Waals surface area (Å²) in [6.07, 6.45) is 5.60. The summed E-state index contributed by atoms with van der Waals surface area (Å²) >= 11 is 0. The Balaban J connectivity index is 1.75. The summed E-state index contributed by atoms with van der Waals surface area (Å²) in [5.74, 6) is 0.710. The predicted molar refractivity (Wildman–Crippen MR) is 67.3 cm³/mol. The van der Waals surface area contributed by atoms with Crippen molar-refractivity contribution < 1.29 is 9.18 Å². The number of hydrogen-bond donors (Lipinski definition) is 1.